The molecule has 0 aromatic heterocycles. The molecule has 0 fully saturated rings. The van der Waals surface area contributed by atoms with Crippen LogP contribution in [-0.2, 0) is 20.7 Å². The molecule has 0 saturated heterocycles. The molecule has 1 aromatic carbocycles. The average Bonchev–Trinajstić information content (AvgIpc) is 2.33. The minimum absolute atomic E-state index is 0.0147. The van der Waals surface area contributed by atoms with Gasteiger partial charge in [0.2, 0.25) is 0 Å². The predicted molar refractivity (Wildman–Crippen MR) is 79.6 cm³/mol. The zero-order valence-corrected chi connectivity index (χ0v) is 13.1. The van der Waals surface area contributed by atoms with E-state index in [1.54, 1.807) is 31.2 Å². The lowest BCUT2D eigenvalue weighted by Crippen LogP contribution is -2.16. The van der Waals surface area contributed by atoms with Crippen LogP contribution in [0.15, 0.2) is 36.0 Å². The number of halogens is 1. The maximum atomic E-state index is 11.7. The fourth-order valence-electron chi connectivity index (χ4n) is 1.66. The zero-order valence-electron chi connectivity index (χ0n) is 11.4. The Hall–Kier alpha value is -1.33. The van der Waals surface area contributed by atoms with E-state index in [1.165, 1.54) is 6.08 Å². The van der Waals surface area contributed by atoms with Gasteiger partial charge in [-0.3, -0.25) is 4.57 Å². The van der Waals surface area contributed by atoms with Crippen LogP contribution >= 0.6 is 19.2 Å². The molecule has 0 radical (unpaired) electrons. The molecular formula is C13H17ClNO5P. The van der Waals surface area contributed by atoms with Gasteiger partial charge < -0.3 is 20.3 Å². The summed E-state index contributed by atoms with van der Waals surface area (Å²) < 4.78 is 15.8. The summed E-state index contributed by atoms with van der Waals surface area (Å²) >= 11 is 5.80. The van der Waals surface area contributed by atoms with Crippen LogP contribution < -0.4 is 5.73 Å². The average molecular weight is 334 g/mol. The Bertz CT molecular complexity index is 584. The van der Waals surface area contributed by atoms with Gasteiger partial charge in [0.1, 0.15) is 12.3 Å². The van der Waals surface area contributed by atoms with Crippen molar-refractivity contribution in [3.8, 4) is 0 Å². The maximum Gasteiger partial charge on any atom is 0.354 e. The van der Waals surface area contributed by atoms with E-state index in [-0.39, 0.29) is 18.5 Å². The lowest BCUT2D eigenvalue weighted by molar-refractivity contribution is -0.140. The SMILES string of the molecule is CC(C=C(N)C(=O)OCc1cccc(Cl)c1)CP(=O)(O)O. The van der Waals surface area contributed by atoms with E-state index in [2.05, 4.69) is 0 Å². The van der Waals surface area contributed by atoms with Crippen molar-refractivity contribution in [2.45, 2.75) is 13.5 Å². The van der Waals surface area contributed by atoms with Gasteiger partial charge in [-0.1, -0.05) is 36.7 Å². The minimum Gasteiger partial charge on any atom is -0.456 e. The highest BCUT2D eigenvalue weighted by Gasteiger charge is 2.18. The molecule has 1 unspecified atom stereocenters. The molecule has 0 saturated carbocycles. The summed E-state index contributed by atoms with van der Waals surface area (Å²) in [6.07, 6.45) is 0.897. The molecule has 0 amide bonds. The van der Waals surface area contributed by atoms with Crippen molar-refractivity contribution in [2.75, 3.05) is 6.16 Å². The van der Waals surface area contributed by atoms with Crippen molar-refractivity contribution in [2.24, 2.45) is 11.7 Å². The first kappa shape index (κ1) is 17.7. The number of rotatable bonds is 6. The van der Waals surface area contributed by atoms with Gasteiger partial charge in [0.25, 0.3) is 0 Å². The second-order valence-electron chi connectivity index (χ2n) is 4.65. The predicted octanol–water partition coefficient (Wildman–Crippen LogP) is 2.04. The Morgan fingerprint density at radius 1 is 1.52 bits per heavy atom. The number of carbonyl (C=O) groups excluding carboxylic acids is 1. The van der Waals surface area contributed by atoms with Gasteiger partial charge in [-0.05, 0) is 23.6 Å². The van der Waals surface area contributed by atoms with E-state index in [0.717, 1.165) is 0 Å². The fourth-order valence-corrected chi connectivity index (χ4v) is 2.73. The van der Waals surface area contributed by atoms with E-state index in [1.807, 2.05) is 0 Å². The second kappa shape index (κ2) is 7.61. The second-order valence-corrected chi connectivity index (χ2v) is 6.78. The number of nitrogens with two attached hydrogens (primary N) is 1. The summed E-state index contributed by atoms with van der Waals surface area (Å²) in [5.41, 5.74) is 6.07. The van der Waals surface area contributed by atoms with Gasteiger partial charge in [0, 0.05) is 5.02 Å². The van der Waals surface area contributed by atoms with Crippen LogP contribution in [0.25, 0.3) is 0 Å². The molecule has 116 valence electrons. The molecule has 0 aliphatic rings. The summed E-state index contributed by atoms with van der Waals surface area (Å²) in [4.78, 5) is 29.3. The Labute approximate surface area is 127 Å². The molecule has 0 aliphatic heterocycles. The number of ether oxygens (including phenoxy) is 1. The Kier molecular flexibility index (Phi) is 6.42. The molecule has 1 aromatic rings. The standard InChI is InChI=1S/C13H17ClNO5P/c1-9(8-21(17,18)19)5-12(15)13(16)20-7-10-3-2-4-11(14)6-10/h2-6,9H,7-8,15H2,1H3,(H2,17,18,19). The van der Waals surface area contributed by atoms with Crippen molar-refractivity contribution in [1.29, 1.82) is 0 Å². The smallest absolute Gasteiger partial charge is 0.354 e. The van der Waals surface area contributed by atoms with E-state index >= 15 is 0 Å². The van der Waals surface area contributed by atoms with Gasteiger partial charge >= 0.3 is 13.6 Å². The topological polar surface area (TPSA) is 110 Å². The first-order valence-corrected chi connectivity index (χ1v) is 8.28. The van der Waals surface area contributed by atoms with Crippen LogP contribution in [0.3, 0.4) is 0 Å². The largest absolute Gasteiger partial charge is 0.456 e. The molecule has 8 heteroatoms. The van der Waals surface area contributed by atoms with Gasteiger partial charge in [-0.2, -0.15) is 0 Å². The van der Waals surface area contributed by atoms with Gasteiger partial charge in [0.05, 0.1) is 6.16 Å². The van der Waals surface area contributed by atoms with E-state index in [0.29, 0.717) is 10.6 Å². The van der Waals surface area contributed by atoms with Gasteiger partial charge in [-0.25, -0.2) is 4.79 Å². The van der Waals surface area contributed by atoms with Crippen LogP contribution in [0, 0.1) is 5.92 Å². The third-order valence-electron chi connectivity index (χ3n) is 2.48. The number of esters is 1. The Morgan fingerprint density at radius 2 is 2.19 bits per heavy atom. The summed E-state index contributed by atoms with van der Waals surface area (Å²) in [6.45, 7) is 1.57. The van der Waals surface area contributed by atoms with Crippen molar-refractivity contribution in [3.63, 3.8) is 0 Å². The monoisotopic (exact) mass is 333 g/mol. The molecular weight excluding hydrogens is 317 g/mol. The number of carbonyl (C=O) groups is 1. The van der Waals surface area contributed by atoms with Crippen LogP contribution in [0.5, 0.6) is 0 Å². The summed E-state index contributed by atoms with van der Waals surface area (Å²) in [7, 11) is -4.14. The lowest BCUT2D eigenvalue weighted by Gasteiger charge is -2.10. The number of allylic oxidation sites excluding steroid dienone is 1. The Balaban J connectivity index is 2.56. The molecule has 4 N–H and O–H groups in total. The highest BCUT2D eigenvalue weighted by molar-refractivity contribution is 7.51. The summed E-state index contributed by atoms with van der Waals surface area (Å²) in [5.74, 6) is -1.28. The highest BCUT2D eigenvalue weighted by atomic mass is 35.5. The molecule has 1 rings (SSSR count). The van der Waals surface area contributed by atoms with Crippen LogP contribution in [-0.4, -0.2) is 21.9 Å². The van der Waals surface area contributed by atoms with Crippen LogP contribution in [0.4, 0.5) is 0 Å². The molecule has 6 nitrogen and oxygen atoms in total. The van der Waals surface area contributed by atoms with Crippen molar-refractivity contribution in [1.82, 2.24) is 0 Å². The minimum atomic E-state index is -4.14. The first-order valence-electron chi connectivity index (χ1n) is 6.11. The lowest BCUT2D eigenvalue weighted by atomic mass is 10.2. The highest BCUT2D eigenvalue weighted by Crippen LogP contribution is 2.37. The van der Waals surface area contributed by atoms with Crippen LogP contribution in [0.2, 0.25) is 5.02 Å². The maximum absolute atomic E-state index is 11.7. The zero-order chi connectivity index (χ0) is 16.0. The molecule has 0 bridgehead atoms. The van der Waals surface area contributed by atoms with Gasteiger partial charge in [0.15, 0.2) is 0 Å². The third-order valence-corrected chi connectivity index (χ3v) is 3.77. The summed E-state index contributed by atoms with van der Waals surface area (Å²) in [5, 5.41) is 0.530. The van der Waals surface area contributed by atoms with E-state index < -0.39 is 19.5 Å². The molecule has 0 aliphatic carbocycles. The molecule has 21 heavy (non-hydrogen) atoms. The fraction of sp³-hybridized carbons (Fsp3) is 0.308. The molecule has 1 atom stereocenters. The van der Waals surface area contributed by atoms with E-state index in [9.17, 15) is 9.36 Å². The number of hydrogen-bond acceptors (Lipinski definition) is 4. The van der Waals surface area contributed by atoms with E-state index in [4.69, 9.17) is 31.9 Å². The molecule has 0 spiro atoms. The van der Waals surface area contributed by atoms with Crippen LogP contribution in [0.1, 0.15) is 12.5 Å². The molecule has 0 heterocycles. The quantitative estimate of drug-likeness (QED) is 0.417. The van der Waals surface area contributed by atoms with Gasteiger partial charge in [-0.15, -0.1) is 0 Å². The summed E-state index contributed by atoms with van der Waals surface area (Å²) in [6, 6.07) is 6.83. The number of benzene rings is 1. The Morgan fingerprint density at radius 3 is 2.76 bits per heavy atom. The normalized spacial score (nSPS) is 13.8. The number of hydrogen-bond donors (Lipinski definition) is 3. The first-order chi connectivity index (χ1) is 9.67. The van der Waals surface area contributed by atoms with Crippen molar-refractivity contribution < 1.29 is 23.9 Å². The van der Waals surface area contributed by atoms with Crippen molar-refractivity contribution >= 4 is 25.2 Å². The third kappa shape index (κ3) is 7.29. The van der Waals surface area contributed by atoms with Crippen molar-refractivity contribution in [3.05, 3.63) is 46.6 Å².